The molecule has 0 atom stereocenters. The van der Waals surface area contributed by atoms with Crippen LogP contribution in [-0.2, 0) is 9.53 Å². The third-order valence-electron chi connectivity index (χ3n) is 4.32. The van der Waals surface area contributed by atoms with Gasteiger partial charge in [-0.25, -0.2) is 0 Å². The van der Waals surface area contributed by atoms with Gasteiger partial charge in [-0.15, -0.1) is 0 Å². The van der Waals surface area contributed by atoms with Crippen LogP contribution in [0.15, 0.2) is 36.4 Å². The van der Waals surface area contributed by atoms with Crippen LogP contribution in [0.25, 0.3) is 10.8 Å². The molecule has 122 valence electrons. The van der Waals surface area contributed by atoms with Gasteiger partial charge in [0.05, 0.1) is 6.61 Å². The third-order valence-corrected chi connectivity index (χ3v) is 4.32. The fraction of sp³-hybridized carbons (Fsp3) is 0.421. The highest BCUT2D eigenvalue weighted by Gasteiger charge is 2.30. The lowest BCUT2D eigenvalue weighted by Crippen LogP contribution is -2.45. The van der Waals surface area contributed by atoms with Crippen molar-refractivity contribution >= 4 is 28.1 Å². The highest BCUT2D eigenvalue weighted by molar-refractivity contribution is 6.05. The minimum atomic E-state index is -0.355. The zero-order valence-corrected chi connectivity index (χ0v) is 13.8. The van der Waals surface area contributed by atoms with Crippen LogP contribution in [0.1, 0.15) is 39.5 Å². The van der Waals surface area contributed by atoms with Gasteiger partial charge in [-0.2, -0.15) is 0 Å². The fourth-order valence-electron chi connectivity index (χ4n) is 3.05. The summed E-state index contributed by atoms with van der Waals surface area (Å²) in [5, 5.41) is 9.50. The Hall–Kier alpha value is -2.23. The van der Waals surface area contributed by atoms with Crippen LogP contribution in [0.4, 0.5) is 11.4 Å². The molecule has 0 bridgehead atoms. The third kappa shape index (κ3) is 3.41. The maximum atomic E-state index is 11.9. The molecule has 0 radical (unpaired) electrons. The Morgan fingerprint density at radius 2 is 1.78 bits per heavy atom. The summed E-state index contributed by atoms with van der Waals surface area (Å²) in [5.41, 5.74) is 1.87. The molecular formula is C19H24N2O2. The number of rotatable bonds is 6. The molecular weight excluding hydrogens is 288 g/mol. The van der Waals surface area contributed by atoms with E-state index >= 15 is 0 Å². The largest absolute Gasteiger partial charge is 0.466 e. The van der Waals surface area contributed by atoms with Gasteiger partial charge in [-0.05, 0) is 37.3 Å². The monoisotopic (exact) mass is 312 g/mol. The number of hydrogen-bond acceptors (Lipinski definition) is 4. The first-order valence-corrected chi connectivity index (χ1v) is 8.35. The van der Waals surface area contributed by atoms with E-state index < -0.39 is 0 Å². The standard InChI is InChI=1S/C19H24N2O2/c1-3-4-13-23-17(22)11-12-19(2)20-15-9-5-7-14-8-6-10-16(21-19)18(14)15/h5-10,20-21H,3-4,11-13H2,1-2H3. The van der Waals surface area contributed by atoms with Gasteiger partial charge in [0.15, 0.2) is 0 Å². The summed E-state index contributed by atoms with van der Waals surface area (Å²) < 4.78 is 5.25. The van der Waals surface area contributed by atoms with E-state index in [0.717, 1.165) is 24.2 Å². The van der Waals surface area contributed by atoms with E-state index in [0.29, 0.717) is 19.4 Å². The molecule has 0 saturated heterocycles. The quantitative estimate of drug-likeness (QED) is 0.608. The number of benzene rings is 2. The van der Waals surface area contributed by atoms with Gasteiger partial charge < -0.3 is 15.4 Å². The molecule has 4 heteroatoms. The van der Waals surface area contributed by atoms with Crippen molar-refractivity contribution < 1.29 is 9.53 Å². The molecule has 0 saturated carbocycles. The Morgan fingerprint density at radius 3 is 2.39 bits per heavy atom. The molecule has 0 amide bonds. The first kappa shape index (κ1) is 15.7. The summed E-state index contributed by atoms with van der Waals surface area (Å²) in [6, 6.07) is 12.5. The normalized spacial score (nSPS) is 14.9. The van der Waals surface area contributed by atoms with Crippen molar-refractivity contribution in [2.45, 2.75) is 45.2 Å². The van der Waals surface area contributed by atoms with E-state index in [9.17, 15) is 4.79 Å². The van der Waals surface area contributed by atoms with Crippen molar-refractivity contribution in [2.75, 3.05) is 17.2 Å². The summed E-state index contributed by atoms with van der Waals surface area (Å²) in [5.74, 6) is -0.125. The molecule has 0 aromatic heterocycles. The first-order chi connectivity index (χ1) is 11.1. The van der Waals surface area contributed by atoms with Crippen molar-refractivity contribution in [3.8, 4) is 0 Å². The van der Waals surface area contributed by atoms with Gasteiger partial charge in [0.1, 0.15) is 5.66 Å². The summed E-state index contributed by atoms with van der Waals surface area (Å²) in [6.07, 6.45) is 3.03. The topological polar surface area (TPSA) is 50.4 Å². The van der Waals surface area contributed by atoms with E-state index in [2.05, 4.69) is 60.9 Å². The maximum absolute atomic E-state index is 11.9. The lowest BCUT2D eigenvalue weighted by atomic mass is 9.97. The molecule has 23 heavy (non-hydrogen) atoms. The van der Waals surface area contributed by atoms with Gasteiger partial charge in [0.2, 0.25) is 0 Å². The van der Waals surface area contributed by atoms with E-state index in [1.807, 2.05) is 0 Å². The molecule has 3 rings (SSSR count). The van der Waals surface area contributed by atoms with Crippen molar-refractivity contribution in [3.63, 3.8) is 0 Å². The lowest BCUT2D eigenvalue weighted by Gasteiger charge is -2.38. The lowest BCUT2D eigenvalue weighted by molar-refractivity contribution is -0.144. The smallest absolute Gasteiger partial charge is 0.305 e. The fourth-order valence-corrected chi connectivity index (χ4v) is 3.05. The molecule has 2 N–H and O–H groups in total. The van der Waals surface area contributed by atoms with Crippen LogP contribution < -0.4 is 10.6 Å². The molecule has 2 aromatic rings. The minimum Gasteiger partial charge on any atom is -0.466 e. The minimum absolute atomic E-state index is 0.125. The van der Waals surface area contributed by atoms with Crippen LogP contribution in [0, 0.1) is 0 Å². The molecule has 1 aliphatic rings. The predicted octanol–water partition coefficient (Wildman–Crippen LogP) is 4.52. The Kier molecular flexibility index (Phi) is 4.42. The molecule has 4 nitrogen and oxygen atoms in total. The Labute approximate surface area is 137 Å². The van der Waals surface area contributed by atoms with Gasteiger partial charge in [0, 0.05) is 23.2 Å². The number of carbonyl (C=O) groups is 1. The zero-order valence-electron chi connectivity index (χ0n) is 13.8. The average Bonchev–Trinajstić information content (AvgIpc) is 2.54. The highest BCUT2D eigenvalue weighted by Crippen LogP contribution is 2.38. The van der Waals surface area contributed by atoms with E-state index in [1.54, 1.807) is 0 Å². The molecule has 0 spiro atoms. The second-order valence-electron chi connectivity index (χ2n) is 6.37. The van der Waals surface area contributed by atoms with Crippen LogP contribution in [0.2, 0.25) is 0 Å². The Balaban J connectivity index is 1.69. The molecule has 0 unspecified atom stereocenters. The van der Waals surface area contributed by atoms with E-state index in [1.165, 1.54) is 10.8 Å². The van der Waals surface area contributed by atoms with Gasteiger partial charge in [0.25, 0.3) is 0 Å². The average molecular weight is 312 g/mol. The number of anilines is 2. The predicted molar refractivity (Wildman–Crippen MR) is 94.7 cm³/mol. The first-order valence-electron chi connectivity index (χ1n) is 8.35. The second kappa shape index (κ2) is 6.49. The summed E-state index contributed by atoms with van der Waals surface area (Å²) in [4.78, 5) is 11.9. The van der Waals surface area contributed by atoms with Crippen molar-refractivity contribution in [1.82, 2.24) is 0 Å². The number of carbonyl (C=O) groups excluding carboxylic acids is 1. The van der Waals surface area contributed by atoms with Crippen LogP contribution in [-0.4, -0.2) is 18.2 Å². The summed E-state index contributed by atoms with van der Waals surface area (Å²) in [6.45, 7) is 4.69. The second-order valence-corrected chi connectivity index (χ2v) is 6.37. The number of nitrogens with one attached hydrogen (secondary N) is 2. The number of hydrogen-bond donors (Lipinski definition) is 2. The Bertz CT molecular complexity index is 671. The van der Waals surface area contributed by atoms with Gasteiger partial charge >= 0.3 is 5.97 Å². The van der Waals surface area contributed by atoms with Gasteiger partial charge in [-0.3, -0.25) is 4.79 Å². The molecule has 0 fully saturated rings. The van der Waals surface area contributed by atoms with E-state index in [4.69, 9.17) is 4.74 Å². The van der Waals surface area contributed by atoms with Crippen molar-refractivity contribution in [3.05, 3.63) is 36.4 Å². The van der Waals surface area contributed by atoms with Crippen molar-refractivity contribution in [2.24, 2.45) is 0 Å². The van der Waals surface area contributed by atoms with Gasteiger partial charge in [-0.1, -0.05) is 37.6 Å². The van der Waals surface area contributed by atoms with Crippen molar-refractivity contribution in [1.29, 1.82) is 0 Å². The highest BCUT2D eigenvalue weighted by atomic mass is 16.5. The molecule has 1 aliphatic heterocycles. The summed E-state index contributed by atoms with van der Waals surface area (Å²) >= 11 is 0. The molecule has 1 heterocycles. The SMILES string of the molecule is CCCCOC(=O)CCC1(C)Nc2cccc3cccc(c23)N1. The molecule has 2 aromatic carbocycles. The van der Waals surface area contributed by atoms with E-state index in [-0.39, 0.29) is 11.6 Å². The Morgan fingerprint density at radius 1 is 1.13 bits per heavy atom. The van der Waals surface area contributed by atoms with Crippen LogP contribution in [0.3, 0.4) is 0 Å². The maximum Gasteiger partial charge on any atom is 0.305 e. The van der Waals surface area contributed by atoms with Crippen LogP contribution in [0.5, 0.6) is 0 Å². The number of ether oxygens (including phenoxy) is 1. The summed E-state index contributed by atoms with van der Waals surface area (Å²) in [7, 11) is 0. The molecule has 0 aliphatic carbocycles. The zero-order chi connectivity index (χ0) is 16.3. The number of esters is 1. The number of unbranched alkanes of at least 4 members (excludes halogenated alkanes) is 1. The van der Waals surface area contributed by atoms with Crippen LogP contribution >= 0.6 is 0 Å².